The molecule has 1 aliphatic rings. The van der Waals surface area contributed by atoms with Crippen molar-refractivity contribution >= 4 is 23.4 Å². The summed E-state index contributed by atoms with van der Waals surface area (Å²) in [6, 6.07) is 13.3. The van der Waals surface area contributed by atoms with Crippen LogP contribution in [0, 0.1) is 0 Å². The molecule has 6 heteroatoms. The maximum absolute atomic E-state index is 13.4. The van der Waals surface area contributed by atoms with Crippen molar-refractivity contribution in [2.45, 2.75) is 58.5 Å². The zero-order chi connectivity index (χ0) is 22.7. The molecule has 2 atom stereocenters. The lowest BCUT2D eigenvalue weighted by Crippen LogP contribution is -2.49. The molecule has 2 unspecified atom stereocenters. The molecule has 0 N–H and O–H groups in total. The van der Waals surface area contributed by atoms with Crippen molar-refractivity contribution in [2.75, 3.05) is 12.0 Å². The van der Waals surface area contributed by atoms with Gasteiger partial charge in [-0.25, -0.2) is 4.90 Å². The van der Waals surface area contributed by atoms with Crippen LogP contribution in [0.1, 0.15) is 62.4 Å². The number of imide groups is 1. The van der Waals surface area contributed by atoms with E-state index >= 15 is 0 Å². The van der Waals surface area contributed by atoms with Crippen molar-refractivity contribution in [3.05, 3.63) is 59.7 Å². The van der Waals surface area contributed by atoms with E-state index in [0.29, 0.717) is 29.3 Å². The van der Waals surface area contributed by atoms with Crippen molar-refractivity contribution in [1.82, 2.24) is 4.90 Å². The number of methoxy groups -OCH3 is 1. The number of carbonyl (C=O) groups excluding carboxylic acids is 3. The van der Waals surface area contributed by atoms with Gasteiger partial charge in [0.25, 0.3) is 11.8 Å². The number of nitrogens with zero attached hydrogens (tertiary/aromatic N) is 2. The van der Waals surface area contributed by atoms with Gasteiger partial charge in [-0.1, -0.05) is 39.0 Å². The zero-order valence-corrected chi connectivity index (χ0v) is 18.8. The van der Waals surface area contributed by atoms with Gasteiger partial charge in [-0.05, 0) is 55.2 Å². The summed E-state index contributed by atoms with van der Waals surface area (Å²) >= 11 is 0. The number of benzene rings is 2. The fourth-order valence-electron chi connectivity index (χ4n) is 3.86. The number of hydrogen-bond acceptors (Lipinski definition) is 4. The van der Waals surface area contributed by atoms with Crippen molar-refractivity contribution in [2.24, 2.45) is 0 Å². The van der Waals surface area contributed by atoms with Crippen LogP contribution in [0.25, 0.3) is 0 Å². The van der Waals surface area contributed by atoms with Crippen LogP contribution >= 0.6 is 0 Å². The summed E-state index contributed by atoms with van der Waals surface area (Å²) in [6.07, 6.45) is 0.640. The molecule has 6 nitrogen and oxygen atoms in total. The number of anilines is 1. The third-order valence-electron chi connectivity index (χ3n) is 5.89. The molecule has 1 fully saturated rings. The van der Waals surface area contributed by atoms with Gasteiger partial charge in [-0.15, -0.1) is 0 Å². The molecule has 3 rings (SSSR count). The van der Waals surface area contributed by atoms with Gasteiger partial charge in [0.15, 0.2) is 0 Å². The van der Waals surface area contributed by atoms with E-state index in [1.165, 1.54) is 12.0 Å². The molecular formula is C25H30N2O4. The highest BCUT2D eigenvalue weighted by molar-refractivity contribution is 6.23. The van der Waals surface area contributed by atoms with E-state index in [1.807, 2.05) is 26.0 Å². The molecule has 3 amide bonds. The van der Waals surface area contributed by atoms with Gasteiger partial charge in [0.1, 0.15) is 11.8 Å². The lowest BCUT2D eigenvalue weighted by atomic mass is 10.0. The van der Waals surface area contributed by atoms with Gasteiger partial charge >= 0.3 is 0 Å². The monoisotopic (exact) mass is 422 g/mol. The van der Waals surface area contributed by atoms with Crippen LogP contribution in [-0.4, -0.2) is 41.8 Å². The number of hydrogen-bond donors (Lipinski definition) is 0. The first-order chi connectivity index (χ1) is 14.8. The Kier molecular flexibility index (Phi) is 6.78. The van der Waals surface area contributed by atoms with Crippen molar-refractivity contribution < 1.29 is 19.1 Å². The molecule has 0 radical (unpaired) electrons. The highest BCUT2D eigenvalue weighted by Gasteiger charge is 2.45. The summed E-state index contributed by atoms with van der Waals surface area (Å²) in [5, 5.41) is 0. The Bertz CT molecular complexity index is 968. The third-order valence-corrected chi connectivity index (χ3v) is 5.89. The number of carbonyl (C=O) groups is 3. The first-order valence-corrected chi connectivity index (χ1v) is 10.7. The van der Waals surface area contributed by atoms with E-state index in [1.54, 1.807) is 41.3 Å². The number of amides is 3. The van der Waals surface area contributed by atoms with Crippen LogP contribution in [-0.2, 0) is 9.59 Å². The molecule has 1 heterocycles. The Morgan fingerprint density at radius 1 is 1.13 bits per heavy atom. The molecule has 31 heavy (non-hydrogen) atoms. The summed E-state index contributed by atoms with van der Waals surface area (Å²) in [4.78, 5) is 42.3. The van der Waals surface area contributed by atoms with Crippen LogP contribution in [0.3, 0.4) is 0 Å². The minimum absolute atomic E-state index is 0.0230. The summed E-state index contributed by atoms with van der Waals surface area (Å²) < 4.78 is 5.24. The zero-order valence-electron chi connectivity index (χ0n) is 18.8. The van der Waals surface area contributed by atoms with E-state index in [0.717, 1.165) is 5.56 Å². The fraction of sp³-hybridized carbons (Fsp3) is 0.400. The van der Waals surface area contributed by atoms with Gasteiger partial charge in [0, 0.05) is 11.6 Å². The van der Waals surface area contributed by atoms with E-state index in [9.17, 15) is 14.4 Å². The van der Waals surface area contributed by atoms with E-state index in [4.69, 9.17) is 4.74 Å². The Morgan fingerprint density at radius 3 is 2.39 bits per heavy atom. The minimum Gasteiger partial charge on any atom is -0.497 e. The van der Waals surface area contributed by atoms with Crippen molar-refractivity contribution in [3.63, 3.8) is 0 Å². The van der Waals surface area contributed by atoms with E-state index in [2.05, 4.69) is 13.8 Å². The maximum Gasteiger partial charge on any atom is 0.257 e. The quantitative estimate of drug-likeness (QED) is 0.621. The fourth-order valence-corrected chi connectivity index (χ4v) is 3.86. The molecular weight excluding hydrogens is 392 g/mol. The second kappa shape index (κ2) is 9.33. The first-order valence-electron chi connectivity index (χ1n) is 10.7. The molecule has 0 aliphatic carbocycles. The molecule has 0 aromatic heterocycles. The normalized spacial score (nSPS) is 17.2. The average Bonchev–Trinajstić information content (AvgIpc) is 3.07. The average molecular weight is 423 g/mol. The van der Waals surface area contributed by atoms with Crippen LogP contribution in [0.4, 0.5) is 5.69 Å². The van der Waals surface area contributed by atoms with Crippen LogP contribution in [0.5, 0.6) is 5.75 Å². The van der Waals surface area contributed by atoms with E-state index < -0.39 is 6.04 Å². The predicted molar refractivity (Wildman–Crippen MR) is 120 cm³/mol. The Labute approximate surface area is 183 Å². The molecule has 1 saturated heterocycles. The number of ether oxygens (including phenoxy) is 1. The maximum atomic E-state index is 13.4. The molecule has 164 valence electrons. The lowest BCUT2D eigenvalue weighted by molar-refractivity contribution is -0.122. The van der Waals surface area contributed by atoms with Gasteiger partial charge in [0.05, 0.1) is 19.2 Å². The molecule has 2 aromatic rings. The predicted octanol–water partition coefficient (Wildman–Crippen LogP) is 4.39. The largest absolute Gasteiger partial charge is 0.497 e. The van der Waals surface area contributed by atoms with Gasteiger partial charge in [-0.2, -0.15) is 0 Å². The topological polar surface area (TPSA) is 66.9 Å². The molecule has 0 spiro atoms. The van der Waals surface area contributed by atoms with Crippen LogP contribution in [0.2, 0.25) is 0 Å². The number of rotatable bonds is 7. The highest BCUT2D eigenvalue weighted by Crippen LogP contribution is 2.30. The SMILES string of the molecule is CCC(C)N(C(=O)c1cccc(OC)c1)C1CC(=O)N(c2ccc(C(C)C)cc2)C1=O. The Balaban J connectivity index is 1.92. The molecule has 1 aliphatic heterocycles. The second-order valence-corrected chi connectivity index (χ2v) is 8.24. The third kappa shape index (κ3) is 4.48. The van der Waals surface area contributed by atoms with E-state index in [-0.39, 0.29) is 30.2 Å². The Morgan fingerprint density at radius 2 is 1.81 bits per heavy atom. The standard InChI is InChI=1S/C25H30N2O4/c1-6-17(4)26(24(29)19-8-7-9-21(14-19)31-5)22-15-23(28)27(25(22)30)20-12-10-18(11-13-20)16(2)3/h7-14,16-17,22H,6,15H2,1-5H3. The van der Waals surface area contributed by atoms with Crippen molar-refractivity contribution in [3.8, 4) is 5.75 Å². The van der Waals surface area contributed by atoms with Gasteiger partial charge in [0.2, 0.25) is 5.91 Å². The smallest absolute Gasteiger partial charge is 0.257 e. The molecule has 2 aromatic carbocycles. The summed E-state index contributed by atoms with van der Waals surface area (Å²) in [6.45, 7) is 8.03. The summed E-state index contributed by atoms with van der Waals surface area (Å²) in [5.74, 6) is -0.0157. The van der Waals surface area contributed by atoms with Gasteiger partial charge < -0.3 is 9.64 Å². The van der Waals surface area contributed by atoms with Crippen molar-refractivity contribution in [1.29, 1.82) is 0 Å². The molecule has 0 saturated carbocycles. The Hall–Kier alpha value is -3.15. The summed E-state index contributed by atoms with van der Waals surface area (Å²) in [7, 11) is 1.54. The minimum atomic E-state index is -0.828. The first kappa shape index (κ1) is 22.5. The second-order valence-electron chi connectivity index (χ2n) is 8.24. The summed E-state index contributed by atoms with van der Waals surface area (Å²) in [5.41, 5.74) is 2.10. The van der Waals surface area contributed by atoms with Crippen LogP contribution in [0.15, 0.2) is 48.5 Å². The van der Waals surface area contributed by atoms with Crippen LogP contribution < -0.4 is 9.64 Å². The lowest BCUT2D eigenvalue weighted by Gasteiger charge is -2.33. The molecule has 0 bridgehead atoms. The highest BCUT2D eigenvalue weighted by atomic mass is 16.5. The van der Waals surface area contributed by atoms with Gasteiger partial charge in [-0.3, -0.25) is 14.4 Å².